The van der Waals surface area contributed by atoms with Crippen LogP contribution in [0.3, 0.4) is 0 Å². The molecule has 5 nitrogen and oxygen atoms in total. The fraction of sp³-hybridized carbons (Fsp3) is 0.375. The van der Waals surface area contributed by atoms with E-state index in [4.69, 9.17) is 5.73 Å². The van der Waals surface area contributed by atoms with Crippen LogP contribution in [0.25, 0.3) is 0 Å². The van der Waals surface area contributed by atoms with Gasteiger partial charge >= 0.3 is 0 Å². The predicted octanol–water partition coefficient (Wildman–Crippen LogP) is 1.61. The van der Waals surface area contributed by atoms with Crippen LogP contribution in [0, 0.1) is 6.92 Å². The first-order chi connectivity index (χ1) is 10.0. The van der Waals surface area contributed by atoms with Crippen molar-refractivity contribution in [3.63, 3.8) is 0 Å². The van der Waals surface area contributed by atoms with Crippen LogP contribution in [-0.2, 0) is 24.8 Å². The number of aryl methyl sites for hydroxylation is 1. The fourth-order valence-electron chi connectivity index (χ4n) is 2.41. The third-order valence-corrected chi connectivity index (χ3v) is 3.81. The maximum atomic E-state index is 12.2. The van der Waals surface area contributed by atoms with E-state index in [9.17, 15) is 4.79 Å². The van der Waals surface area contributed by atoms with E-state index in [-0.39, 0.29) is 11.9 Å². The molecule has 0 saturated heterocycles. The predicted molar refractivity (Wildman–Crippen MR) is 82.5 cm³/mol. The van der Waals surface area contributed by atoms with Gasteiger partial charge in [-0.3, -0.25) is 9.48 Å². The standard InChI is InChI=1S/C16H22N4O/c1-11(15-10-18-20(3)12(15)2)19-16(21)8-13-6-4-5-7-14(13)9-17/h4-7,10-11H,8-9,17H2,1-3H3,(H,19,21). The van der Waals surface area contributed by atoms with Gasteiger partial charge in [-0.05, 0) is 25.0 Å². The summed E-state index contributed by atoms with van der Waals surface area (Å²) in [4.78, 5) is 12.2. The summed E-state index contributed by atoms with van der Waals surface area (Å²) in [6.45, 7) is 4.41. The van der Waals surface area contributed by atoms with E-state index < -0.39 is 0 Å². The lowest BCUT2D eigenvalue weighted by Crippen LogP contribution is -2.28. The molecule has 0 aliphatic carbocycles. The minimum Gasteiger partial charge on any atom is -0.349 e. The molecule has 5 heteroatoms. The van der Waals surface area contributed by atoms with Gasteiger partial charge in [-0.2, -0.15) is 5.10 Å². The third-order valence-electron chi connectivity index (χ3n) is 3.81. The molecule has 0 radical (unpaired) electrons. The van der Waals surface area contributed by atoms with Crippen LogP contribution in [0.2, 0.25) is 0 Å². The molecular formula is C16H22N4O. The lowest BCUT2D eigenvalue weighted by molar-refractivity contribution is -0.121. The molecule has 0 aliphatic heterocycles. The minimum atomic E-state index is -0.0590. The second kappa shape index (κ2) is 6.54. The van der Waals surface area contributed by atoms with Gasteiger partial charge in [0.05, 0.1) is 18.7 Å². The van der Waals surface area contributed by atoms with Crippen molar-refractivity contribution < 1.29 is 4.79 Å². The Morgan fingerprint density at radius 2 is 2.05 bits per heavy atom. The summed E-state index contributed by atoms with van der Waals surface area (Å²) in [5, 5.41) is 7.22. The average Bonchev–Trinajstić information content (AvgIpc) is 2.79. The molecule has 0 bridgehead atoms. The van der Waals surface area contributed by atoms with Crippen molar-refractivity contribution in [2.75, 3.05) is 0 Å². The smallest absolute Gasteiger partial charge is 0.224 e. The number of amides is 1. The fourth-order valence-corrected chi connectivity index (χ4v) is 2.41. The molecule has 0 fully saturated rings. The molecule has 0 spiro atoms. The second-order valence-electron chi connectivity index (χ2n) is 5.25. The summed E-state index contributed by atoms with van der Waals surface area (Å²) in [7, 11) is 1.89. The highest BCUT2D eigenvalue weighted by Crippen LogP contribution is 2.16. The first-order valence-corrected chi connectivity index (χ1v) is 7.07. The van der Waals surface area contributed by atoms with Crippen LogP contribution in [0.1, 0.15) is 35.3 Å². The zero-order chi connectivity index (χ0) is 15.4. The van der Waals surface area contributed by atoms with Gasteiger partial charge in [0.1, 0.15) is 0 Å². The molecule has 2 rings (SSSR count). The van der Waals surface area contributed by atoms with Crippen LogP contribution in [0.5, 0.6) is 0 Å². The zero-order valence-corrected chi connectivity index (χ0v) is 12.8. The van der Waals surface area contributed by atoms with Gasteiger partial charge in [0, 0.05) is 24.8 Å². The Morgan fingerprint density at radius 1 is 1.38 bits per heavy atom. The zero-order valence-electron chi connectivity index (χ0n) is 12.8. The Labute approximate surface area is 125 Å². The number of benzene rings is 1. The number of carbonyl (C=O) groups excluding carboxylic acids is 1. The number of nitrogens with zero attached hydrogens (tertiary/aromatic N) is 2. The summed E-state index contributed by atoms with van der Waals surface area (Å²) in [5.74, 6) is -0.00773. The molecule has 0 saturated carbocycles. The van der Waals surface area contributed by atoms with E-state index in [1.54, 1.807) is 6.20 Å². The largest absolute Gasteiger partial charge is 0.349 e. The van der Waals surface area contributed by atoms with Crippen molar-refractivity contribution in [1.29, 1.82) is 0 Å². The van der Waals surface area contributed by atoms with Crippen molar-refractivity contribution in [2.45, 2.75) is 32.9 Å². The monoisotopic (exact) mass is 286 g/mol. The van der Waals surface area contributed by atoms with Crippen molar-refractivity contribution in [1.82, 2.24) is 15.1 Å². The Balaban J connectivity index is 2.03. The van der Waals surface area contributed by atoms with E-state index in [1.807, 2.05) is 49.8 Å². The molecule has 2 aromatic rings. The van der Waals surface area contributed by atoms with E-state index in [1.165, 1.54) is 0 Å². The summed E-state index contributed by atoms with van der Waals surface area (Å²) in [6, 6.07) is 7.71. The Bertz CT molecular complexity index is 633. The normalized spacial score (nSPS) is 12.2. The second-order valence-corrected chi connectivity index (χ2v) is 5.25. The molecular weight excluding hydrogens is 264 g/mol. The SMILES string of the molecule is Cc1c(C(C)NC(=O)Cc2ccccc2CN)cnn1C. The van der Waals surface area contributed by atoms with E-state index in [0.29, 0.717) is 13.0 Å². The number of rotatable bonds is 5. The quantitative estimate of drug-likeness (QED) is 0.877. The number of carbonyl (C=O) groups is 1. The molecule has 112 valence electrons. The van der Waals surface area contributed by atoms with Crippen LogP contribution in [-0.4, -0.2) is 15.7 Å². The number of hydrogen-bond acceptors (Lipinski definition) is 3. The van der Waals surface area contributed by atoms with Crippen molar-refractivity contribution in [3.8, 4) is 0 Å². The van der Waals surface area contributed by atoms with Gasteiger partial charge < -0.3 is 11.1 Å². The average molecular weight is 286 g/mol. The molecule has 3 N–H and O–H groups in total. The van der Waals surface area contributed by atoms with Gasteiger partial charge in [0.15, 0.2) is 0 Å². The van der Waals surface area contributed by atoms with Crippen LogP contribution in [0.4, 0.5) is 0 Å². The van der Waals surface area contributed by atoms with E-state index >= 15 is 0 Å². The topological polar surface area (TPSA) is 72.9 Å². The number of nitrogens with one attached hydrogen (secondary N) is 1. The molecule has 1 aromatic carbocycles. The maximum absolute atomic E-state index is 12.2. The molecule has 1 aromatic heterocycles. The highest BCUT2D eigenvalue weighted by Gasteiger charge is 2.15. The summed E-state index contributed by atoms with van der Waals surface area (Å²) in [6.07, 6.45) is 2.14. The maximum Gasteiger partial charge on any atom is 0.224 e. The third kappa shape index (κ3) is 3.49. The van der Waals surface area contributed by atoms with Crippen molar-refractivity contribution in [2.24, 2.45) is 12.8 Å². The summed E-state index contributed by atoms with van der Waals surface area (Å²) >= 11 is 0. The van der Waals surface area contributed by atoms with Gasteiger partial charge in [-0.15, -0.1) is 0 Å². The van der Waals surface area contributed by atoms with Crippen LogP contribution < -0.4 is 11.1 Å². The Morgan fingerprint density at radius 3 is 2.62 bits per heavy atom. The van der Waals surface area contributed by atoms with Gasteiger partial charge in [-0.25, -0.2) is 0 Å². The van der Waals surface area contributed by atoms with Gasteiger partial charge in [-0.1, -0.05) is 24.3 Å². The van der Waals surface area contributed by atoms with Crippen LogP contribution in [0.15, 0.2) is 30.5 Å². The first-order valence-electron chi connectivity index (χ1n) is 7.07. The van der Waals surface area contributed by atoms with Gasteiger partial charge in [0.25, 0.3) is 0 Å². The lowest BCUT2D eigenvalue weighted by atomic mass is 10.0. The van der Waals surface area contributed by atoms with Crippen LogP contribution >= 0.6 is 0 Å². The molecule has 21 heavy (non-hydrogen) atoms. The molecule has 1 atom stereocenters. The molecule has 1 unspecified atom stereocenters. The Kier molecular flexibility index (Phi) is 4.75. The summed E-state index contributed by atoms with van der Waals surface area (Å²) in [5.41, 5.74) is 9.79. The summed E-state index contributed by atoms with van der Waals surface area (Å²) < 4.78 is 1.81. The highest BCUT2D eigenvalue weighted by atomic mass is 16.1. The minimum absolute atomic E-state index is 0.00773. The Hall–Kier alpha value is -2.14. The van der Waals surface area contributed by atoms with Crippen molar-refractivity contribution in [3.05, 3.63) is 52.8 Å². The van der Waals surface area contributed by atoms with E-state index in [0.717, 1.165) is 22.4 Å². The van der Waals surface area contributed by atoms with E-state index in [2.05, 4.69) is 10.4 Å². The number of hydrogen-bond donors (Lipinski definition) is 2. The van der Waals surface area contributed by atoms with Crippen molar-refractivity contribution >= 4 is 5.91 Å². The molecule has 1 amide bonds. The number of nitrogens with two attached hydrogens (primary N) is 1. The highest BCUT2D eigenvalue weighted by molar-refractivity contribution is 5.79. The van der Waals surface area contributed by atoms with Gasteiger partial charge in [0.2, 0.25) is 5.91 Å². The lowest BCUT2D eigenvalue weighted by Gasteiger charge is -2.14. The number of aromatic nitrogens is 2. The first kappa shape index (κ1) is 15.3. The molecule has 0 aliphatic rings. The molecule has 1 heterocycles.